The molecular formula is C16H25NO3. The van der Waals surface area contributed by atoms with Gasteiger partial charge in [-0.2, -0.15) is 0 Å². The van der Waals surface area contributed by atoms with Gasteiger partial charge in [0.25, 0.3) is 0 Å². The molecule has 2 N–H and O–H groups in total. The lowest BCUT2D eigenvalue weighted by molar-refractivity contribution is -0.123. The monoisotopic (exact) mass is 279 g/mol. The van der Waals surface area contributed by atoms with Crippen LogP contribution in [0.3, 0.4) is 0 Å². The highest BCUT2D eigenvalue weighted by Crippen LogP contribution is 2.26. The third-order valence-electron chi connectivity index (χ3n) is 4.05. The van der Waals surface area contributed by atoms with E-state index >= 15 is 0 Å². The minimum Gasteiger partial charge on any atom is -0.467 e. The van der Waals surface area contributed by atoms with Gasteiger partial charge in [0.15, 0.2) is 0 Å². The molecule has 4 nitrogen and oxygen atoms in total. The number of nitrogens with one attached hydrogen (secondary N) is 1. The van der Waals surface area contributed by atoms with Gasteiger partial charge in [-0.25, -0.2) is 0 Å². The summed E-state index contributed by atoms with van der Waals surface area (Å²) in [6.45, 7) is 1.92. The molecular weight excluding hydrogens is 254 g/mol. The maximum Gasteiger partial charge on any atom is 0.220 e. The van der Waals surface area contributed by atoms with Gasteiger partial charge in [-0.15, -0.1) is 0 Å². The van der Waals surface area contributed by atoms with Gasteiger partial charge in [0.1, 0.15) is 11.9 Å². The van der Waals surface area contributed by atoms with Gasteiger partial charge >= 0.3 is 0 Å². The smallest absolute Gasteiger partial charge is 0.220 e. The average molecular weight is 279 g/mol. The van der Waals surface area contributed by atoms with Gasteiger partial charge < -0.3 is 14.8 Å². The number of amides is 1. The lowest BCUT2D eigenvalue weighted by Crippen LogP contribution is -2.35. The fourth-order valence-electron chi connectivity index (χ4n) is 2.98. The second-order valence-electron chi connectivity index (χ2n) is 5.94. The van der Waals surface area contributed by atoms with E-state index in [9.17, 15) is 9.90 Å². The second-order valence-corrected chi connectivity index (χ2v) is 5.94. The van der Waals surface area contributed by atoms with Crippen LogP contribution in [0.5, 0.6) is 0 Å². The highest BCUT2D eigenvalue weighted by molar-refractivity contribution is 5.76. The van der Waals surface area contributed by atoms with E-state index in [2.05, 4.69) is 5.32 Å². The number of hydrogen-bond donors (Lipinski definition) is 2. The lowest BCUT2D eigenvalue weighted by Gasteiger charge is -2.22. The van der Waals surface area contributed by atoms with Crippen molar-refractivity contribution in [3.05, 3.63) is 24.2 Å². The predicted octanol–water partition coefficient (Wildman–Crippen LogP) is 3.18. The molecule has 0 radical (unpaired) electrons. The summed E-state index contributed by atoms with van der Waals surface area (Å²) in [4.78, 5) is 12.0. The normalized spacial score (nSPS) is 19.5. The van der Waals surface area contributed by atoms with Crippen molar-refractivity contribution in [3.63, 3.8) is 0 Å². The molecule has 1 aromatic heterocycles. The third-order valence-corrected chi connectivity index (χ3v) is 4.05. The van der Waals surface area contributed by atoms with Gasteiger partial charge in [-0.3, -0.25) is 4.79 Å². The highest BCUT2D eigenvalue weighted by Gasteiger charge is 2.20. The van der Waals surface area contributed by atoms with E-state index in [0.29, 0.717) is 24.5 Å². The quantitative estimate of drug-likeness (QED) is 0.840. The van der Waals surface area contributed by atoms with Crippen LogP contribution < -0.4 is 5.32 Å². The minimum atomic E-state index is -0.657. The number of furan rings is 1. The summed E-state index contributed by atoms with van der Waals surface area (Å²) in [7, 11) is 0. The van der Waals surface area contributed by atoms with Crippen molar-refractivity contribution in [3.8, 4) is 0 Å². The molecule has 0 spiro atoms. The van der Waals surface area contributed by atoms with Gasteiger partial charge in [0, 0.05) is 18.9 Å². The van der Waals surface area contributed by atoms with Crippen molar-refractivity contribution in [1.29, 1.82) is 0 Å². The fraction of sp³-hybridized carbons (Fsp3) is 0.688. The average Bonchev–Trinajstić information content (AvgIpc) is 2.93. The molecule has 2 atom stereocenters. The molecule has 1 saturated carbocycles. The molecule has 1 aliphatic carbocycles. The van der Waals surface area contributed by atoms with E-state index in [1.165, 1.54) is 32.1 Å². The van der Waals surface area contributed by atoms with Crippen LogP contribution in [0.15, 0.2) is 22.8 Å². The van der Waals surface area contributed by atoms with Crippen molar-refractivity contribution in [1.82, 2.24) is 5.32 Å². The van der Waals surface area contributed by atoms with Crippen molar-refractivity contribution in [2.24, 2.45) is 5.92 Å². The fourth-order valence-corrected chi connectivity index (χ4v) is 2.98. The second kappa shape index (κ2) is 7.48. The Morgan fingerprint density at radius 1 is 1.45 bits per heavy atom. The molecule has 4 heteroatoms. The van der Waals surface area contributed by atoms with Crippen molar-refractivity contribution in [2.45, 2.75) is 64.0 Å². The Bertz CT molecular complexity index is 396. The van der Waals surface area contributed by atoms with Gasteiger partial charge in [0.05, 0.1) is 6.26 Å². The van der Waals surface area contributed by atoms with E-state index in [-0.39, 0.29) is 11.9 Å². The lowest BCUT2D eigenvalue weighted by atomic mass is 9.87. The maximum atomic E-state index is 12.0. The molecule has 0 saturated heterocycles. The molecule has 0 bridgehead atoms. The van der Waals surface area contributed by atoms with Crippen LogP contribution in [0.4, 0.5) is 0 Å². The molecule has 0 aromatic carbocycles. The largest absolute Gasteiger partial charge is 0.467 e. The number of rotatable bonds is 6. The molecule has 0 aliphatic heterocycles. The Balaban J connectivity index is 1.70. The molecule has 1 amide bonds. The molecule has 1 fully saturated rings. The van der Waals surface area contributed by atoms with E-state index in [0.717, 1.165) is 0 Å². The predicted molar refractivity (Wildman–Crippen MR) is 77.1 cm³/mol. The van der Waals surface area contributed by atoms with Gasteiger partial charge in [-0.05, 0) is 37.8 Å². The van der Waals surface area contributed by atoms with Crippen LogP contribution in [0.25, 0.3) is 0 Å². The van der Waals surface area contributed by atoms with Crippen LogP contribution in [-0.4, -0.2) is 17.1 Å². The highest BCUT2D eigenvalue weighted by atomic mass is 16.4. The molecule has 112 valence electrons. The summed E-state index contributed by atoms with van der Waals surface area (Å²) in [5, 5.41) is 12.9. The first-order valence-corrected chi connectivity index (χ1v) is 7.66. The van der Waals surface area contributed by atoms with Crippen molar-refractivity contribution in [2.75, 3.05) is 0 Å². The van der Waals surface area contributed by atoms with E-state index < -0.39 is 6.10 Å². The van der Waals surface area contributed by atoms with E-state index in [4.69, 9.17) is 4.42 Å². The molecule has 1 aliphatic rings. The zero-order chi connectivity index (χ0) is 14.4. The first-order chi connectivity index (χ1) is 9.65. The molecule has 20 heavy (non-hydrogen) atoms. The van der Waals surface area contributed by atoms with Crippen LogP contribution in [0, 0.1) is 5.92 Å². The number of carbonyl (C=O) groups is 1. The number of aliphatic hydroxyl groups excluding tert-OH is 1. The Hall–Kier alpha value is -1.29. The maximum absolute atomic E-state index is 12.0. The zero-order valence-corrected chi connectivity index (χ0v) is 12.2. The minimum absolute atomic E-state index is 0.0498. The first-order valence-electron chi connectivity index (χ1n) is 7.66. The standard InChI is InChI=1S/C16H25NO3/c1-12(10-14(18)15-8-5-9-20-15)17-16(19)11-13-6-3-2-4-7-13/h5,8-9,12-14,18H,2-4,6-7,10-11H2,1H3,(H,17,19). The summed E-state index contributed by atoms with van der Waals surface area (Å²) in [5.74, 6) is 1.21. The Labute approximate surface area is 120 Å². The molecule has 2 unspecified atom stereocenters. The van der Waals surface area contributed by atoms with Crippen LogP contribution in [0.1, 0.15) is 63.7 Å². The van der Waals surface area contributed by atoms with Crippen LogP contribution >= 0.6 is 0 Å². The molecule has 1 aromatic rings. The number of hydrogen-bond acceptors (Lipinski definition) is 3. The van der Waals surface area contributed by atoms with Gasteiger partial charge in [0.2, 0.25) is 5.91 Å². The van der Waals surface area contributed by atoms with Crippen LogP contribution in [0.2, 0.25) is 0 Å². The number of carbonyl (C=O) groups excluding carboxylic acids is 1. The van der Waals surface area contributed by atoms with Gasteiger partial charge in [-0.1, -0.05) is 19.3 Å². The summed E-state index contributed by atoms with van der Waals surface area (Å²) in [6, 6.07) is 3.46. The van der Waals surface area contributed by atoms with Crippen LogP contribution in [-0.2, 0) is 4.79 Å². The van der Waals surface area contributed by atoms with E-state index in [1.807, 2.05) is 6.92 Å². The number of aliphatic hydroxyl groups is 1. The zero-order valence-electron chi connectivity index (χ0n) is 12.2. The molecule has 2 rings (SSSR count). The van der Waals surface area contributed by atoms with Crippen molar-refractivity contribution < 1.29 is 14.3 Å². The summed E-state index contributed by atoms with van der Waals surface area (Å²) in [5.41, 5.74) is 0. The third kappa shape index (κ3) is 4.67. The Morgan fingerprint density at radius 3 is 2.85 bits per heavy atom. The summed E-state index contributed by atoms with van der Waals surface area (Å²) in [6.07, 6.45) is 8.16. The van der Waals surface area contributed by atoms with Crippen molar-refractivity contribution >= 4 is 5.91 Å². The summed E-state index contributed by atoms with van der Waals surface area (Å²) < 4.78 is 5.16. The topological polar surface area (TPSA) is 62.5 Å². The van der Waals surface area contributed by atoms with E-state index in [1.54, 1.807) is 18.4 Å². The Kier molecular flexibility index (Phi) is 5.65. The summed E-state index contributed by atoms with van der Waals surface area (Å²) >= 11 is 0. The Morgan fingerprint density at radius 2 is 2.20 bits per heavy atom. The molecule has 1 heterocycles. The SMILES string of the molecule is CC(CC(O)c1ccco1)NC(=O)CC1CCCCC1. The first kappa shape index (κ1) is 15.1.